The maximum absolute atomic E-state index is 13.1. The average molecular weight is 345 g/mol. The molecule has 2 aromatic carbocycles. The van der Waals surface area contributed by atoms with Crippen molar-refractivity contribution in [3.8, 4) is 0 Å². The van der Waals surface area contributed by atoms with E-state index in [4.69, 9.17) is 0 Å². The molecule has 1 unspecified atom stereocenters. The number of carbonyl (C=O) groups is 1. The zero-order valence-electron chi connectivity index (χ0n) is 14.9. The van der Waals surface area contributed by atoms with Crippen LogP contribution in [-0.2, 0) is 0 Å². The number of aromatic amines is 1. The number of nitrogens with one attached hydrogen (secondary N) is 2. The monoisotopic (exact) mass is 345 g/mol. The quantitative estimate of drug-likeness (QED) is 0.761. The lowest BCUT2D eigenvalue weighted by Crippen LogP contribution is -2.54. The molecule has 0 bridgehead atoms. The third kappa shape index (κ3) is 3.04. The van der Waals surface area contributed by atoms with Crippen molar-refractivity contribution in [2.24, 2.45) is 0 Å². The van der Waals surface area contributed by atoms with Gasteiger partial charge in [-0.3, -0.25) is 4.79 Å². The minimum absolute atomic E-state index is 0.00881. The molecular weight excluding hydrogens is 322 g/mol. The van der Waals surface area contributed by atoms with Gasteiger partial charge in [0.15, 0.2) is 0 Å². The molecule has 1 atom stereocenters. The molecule has 2 N–H and O–H groups in total. The molecule has 0 aliphatic carbocycles. The van der Waals surface area contributed by atoms with Gasteiger partial charge in [0, 0.05) is 36.4 Å². The number of benzene rings is 2. The van der Waals surface area contributed by atoms with Crippen molar-refractivity contribution in [2.75, 3.05) is 19.6 Å². The second-order valence-corrected chi connectivity index (χ2v) is 6.60. The van der Waals surface area contributed by atoms with Gasteiger partial charge < -0.3 is 15.2 Å². The standard InChI is InChI=1S/C22H23N3O/c1-2-18(20-14-17-10-6-7-11-19(17)24-20)21-15-23-12-13-25(21)22(26)16-8-4-3-5-9-16/h2-11,14,21,23-24H,12-13,15H2,1H3. The number of rotatable bonds is 3. The van der Waals surface area contributed by atoms with E-state index in [0.29, 0.717) is 6.54 Å². The average Bonchev–Trinajstić information content (AvgIpc) is 3.13. The Bertz CT molecular complexity index is 909. The van der Waals surface area contributed by atoms with Crippen LogP contribution in [0.3, 0.4) is 0 Å². The first-order valence-corrected chi connectivity index (χ1v) is 9.09. The number of nitrogens with zero attached hydrogens (tertiary/aromatic N) is 1. The van der Waals surface area contributed by atoms with Gasteiger partial charge in [0.25, 0.3) is 5.91 Å². The largest absolute Gasteiger partial charge is 0.355 e. The molecule has 26 heavy (non-hydrogen) atoms. The summed E-state index contributed by atoms with van der Waals surface area (Å²) in [6.45, 7) is 4.32. The molecule has 1 aromatic heterocycles. The van der Waals surface area contributed by atoms with Gasteiger partial charge in [0.05, 0.1) is 6.04 Å². The summed E-state index contributed by atoms with van der Waals surface area (Å²) in [7, 11) is 0. The maximum atomic E-state index is 13.1. The number of H-pyrrole nitrogens is 1. The second kappa shape index (κ2) is 7.18. The Morgan fingerprint density at radius 1 is 1.12 bits per heavy atom. The number of piperazine rings is 1. The molecule has 1 saturated heterocycles. The second-order valence-electron chi connectivity index (χ2n) is 6.60. The van der Waals surface area contributed by atoms with E-state index in [1.807, 2.05) is 54.3 Å². The molecule has 4 nitrogen and oxygen atoms in total. The zero-order chi connectivity index (χ0) is 17.9. The Labute approximate surface area is 153 Å². The molecule has 1 fully saturated rings. The molecule has 1 aliphatic heterocycles. The molecule has 132 valence electrons. The van der Waals surface area contributed by atoms with Crippen molar-refractivity contribution >= 4 is 22.4 Å². The molecule has 1 amide bonds. The van der Waals surface area contributed by atoms with Crippen LogP contribution in [0.4, 0.5) is 0 Å². The lowest BCUT2D eigenvalue weighted by molar-refractivity contribution is 0.0689. The highest BCUT2D eigenvalue weighted by Gasteiger charge is 2.30. The van der Waals surface area contributed by atoms with Crippen LogP contribution in [0, 0.1) is 0 Å². The van der Waals surface area contributed by atoms with E-state index in [9.17, 15) is 4.79 Å². The number of carbonyl (C=O) groups excluding carboxylic acids is 1. The predicted octanol–water partition coefficient (Wildman–Crippen LogP) is 3.69. The van der Waals surface area contributed by atoms with E-state index in [-0.39, 0.29) is 11.9 Å². The van der Waals surface area contributed by atoms with Gasteiger partial charge in [0.2, 0.25) is 0 Å². The van der Waals surface area contributed by atoms with Crippen LogP contribution in [0.15, 0.2) is 66.7 Å². The van der Waals surface area contributed by atoms with Crippen molar-refractivity contribution < 1.29 is 4.79 Å². The van der Waals surface area contributed by atoms with E-state index in [2.05, 4.69) is 34.6 Å². The van der Waals surface area contributed by atoms with Crippen LogP contribution in [0.1, 0.15) is 23.0 Å². The molecule has 4 heteroatoms. The SMILES string of the molecule is CC=C(c1cc2ccccc2[nH]1)C1CNCCN1C(=O)c1ccccc1. The summed E-state index contributed by atoms with van der Waals surface area (Å²) in [4.78, 5) is 18.6. The summed E-state index contributed by atoms with van der Waals surface area (Å²) in [5, 5.41) is 4.63. The third-order valence-corrected chi connectivity index (χ3v) is 5.04. The fraction of sp³-hybridized carbons (Fsp3) is 0.227. The topological polar surface area (TPSA) is 48.1 Å². The number of amides is 1. The first kappa shape index (κ1) is 16.6. The van der Waals surface area contributed by atoms with Gasteiger partial charge in [0.1, 0.15) is 0 Å². The molecular formula is C22H23N3O. The summed E-state index contributed by atoms with van der Waals surface area (Å²) in [5.74, 6) is 0.0903. The number of para-hydroxylation sites is 1. The normalized spacial score (nSPS) is 18.3. The van der Waals surface area contributed by atoms with E-state index in [1.165, 1.54) is 5.39 Å². The first-order chi connectivity index (χ1) is 12.8. The Balaban J connectivity index is 1.69. The predicted molar refractivity (Wildman–Crippen MR) is 106 cm³/mol. The first-order valence-electron chi connectivity index (χ1n) is 9.09. The third-order valence-electron chi connectivity index (χ3n) is 5.04. The minimum Gasteiger partial charge on any atom is -0.355 e. The Morgan fingerprint density at radius 2 is 1.88 bits per heavy atom. The lowest BCUT2D eigenvalue weighted by atomic mass is 9.98. The van der Waals surface area contributed by atoms with Crippen molar-refractivity contribution in [1.29, 1.82) is 0 Å². The van der Waals surface area contributed by atoms with Crippen LogP contribution < -0.4 is 5.32 Å². The van der Waals surface area contributed by atoms with Crippen LogP contribution in [0.25, 0.3) is 16.5 Å². The van der Waals surface area contributed by atoms with E-state index in [1.54, 1.807) is 0 Å². The Kier molecular flexibility index (Phi) is 4.59. The van der Waals surface area contributed by atoms with Crippen LogP contribution in [0.5, 0.6) is 0 Å². The highest BCUT2D eigenvalue weighted by molar-refractivity contribution is 5.96. The molecule has 0 radical (unpaired) electrons. The summed E-state index contributed by atoms with van der Waals surface area (Å²) in [6, 6.07) is 20.0. The molecule has 4 rings (SSSR count). The highest BCUT2D eigenvalue weighted by Crippen LogP contribution is 2.27. The van der Waals surface area contributed by atoms with Gasteiger partial charge in [-0.15, -0.1) is 0 Å². The van der Waals surface area contributed by atoms with Gasteiger partial charge in [-0.25, -0.2) is 0 Å². The fourth-order valence-electron chi connectivity index (χ4n) is 3.73. The maximum Gasteiger partial charge on any atom is 0.254 e. The van der Waals surface area contributed by atoms with Gasteiger partial charge >= 0.3 is 0 Å². The zero-order valence-corrected chi connectivity index (χ0v) is 14.9. The number of hydrogen-bond donors (Lipinski definition) is 2. The van der Waals surface area contributed by atoms with E-state index in [0.717, 1.165) is 35.4 Å². The van der Waals surface area contributed by atoms with Crippen molar-refractivity contribution in [3.05, 3.63) is 78.0 Å². The summed E-state index contributed by atoms with van der Waals surface area (Å²) in [6.07, 6.45) is 2.12. The summed E-state index contributed by atoms with van der Waals surface area (Å²) in [5.41, 5.74) is 4.09. The number of allylic oxidation sites excluding steroid dienone is 1. The van der Waals surface area contributed by atoms with Gasteiger partial charge in [-0.1, -0.05) is 42.5 Å². The van der Waals surface area contributed by atoms with Crippen molar-refractivity contribution in [3.63, 3.8) is 0 Å². The van der Waals surface area contributed by atoms with Gasteiger partial charge in [-0.05, 0) is 42.1 Å². The molecule has 0 spiro atoms. The molecule has 1 aliphatic rings. The fourth-order valence-corrected chi connectivity index (χ4v) is 3.73. The number of hydrogen-bond acceptors (Lipinski definition) is 2. The Hall–Kier alpha value is -2.85. The van der Waals surface area contributed by atoms with Crippen LogP contribution in [-0.4, -0.2) is 41.5 Å². The van der Waals surface area contributed by atoms with Crippen LogP contribution >= 0.6 is 0 Å². The van der Waals surface area contributed by atoms with Crippen molar-refractivity contribution in [1.82, 2.24) is 15.2 Å². The summed E-state index contributed by atoms with van der Waals surface area (Å²) < 4.78 is 0. The molecule has 0 saturated carbocycles. The van der Waals surface area contributed by atoms with Gasteiger partial charge in [-0.2, -0.15) is 0 Å². The number of fused-ring (bicyclic) bond motifs is 1. The van der Waals surface area contributed by atoms with Crippen LogP contribution in [0.2, 0.25) is 0 Å². The van der Waals surface area contributed by atoms with Crippen molar-refractivity contribution in [2.45, 2.75) is 13.0 Å². The van der Waals surface area contributed by atoms with E-state index >= 15 is 0 Å². The highest BCUT2D eigenvalue weighted by atomic mass is 16.2. The molecule has 3 aromatic rings. The minimum atomic E-state index is 0.00881. The number of aromatic nitrogens is 1. The smallest absolute Gasteiger partial charge is 0.254 e. The Morgan fingerprint density at radius 3 is 2.65 bits per heavy atom. The summed E-state index contributed by atoms with van der Waals surface area (Å²) >= 11 is 0. The van der Waals surface area contributed by atoms with E-state index < -0.39 is 0 Å². The lowest BCUT2D eigenvalue weighted by Gasteiger charge is -2.37. The molecule has 2 heterocycles.